The van der Waals surface area contributed by atoms with Gasteiger partial charge >= 0.3 is 0 Å². The third kappa shape index (κ3) is 5.71. The summed E-state index contributed by atoms with van der Waals surface area (Å²) in [7, 11) is -4.13. The van der Waals surface area contributed by atoms with Crippen molar-refractivity contribution in [3.05, 3.63) is 29.8 Å². The summed E-state index contributed by atoms with van der Waals surface area (Å²) in [5.41, 5.74) is 12.7. The molecule has 0 aliphatic carbocycles. The van der Waals surface area contributed by atoms with Gasteiger partial charge in [0.2, 0.25) is 5.13 Å². The topological polar surface area (TPSA) is 133 Å². The number of nitrogens with zero attached hydrogens (tertiary/aromatic N) is 2. The van der Waals surface area contributed by atoms with Gasteiger partial charge in [-0.2, -0.15) is 4.37 Å². The maximum atomic E-state index is 14.8. The number of fused-ring (bicyclic) bond motifs is 1. The molecule has 2 aromatic rings. The van der Waals surface area contributed by atoms with Crippen LogP contribution in [0.1, 0.15) is 45.6 Å². The molecule has 5 N–H and O–H groups in total. The first-order valence-electron chi connectivity index (χ1n) is 10.3. The highest BCUT2D eigenvalue weighted by Gasteiger charge is 2.35. The first-order valence-corrected chi connectivity index (χ1v) is 12.5. The van der Waals surface area contributed by atoms with Crippen molar-refractivity contribution in [2.75, 3.05) is 11.3 Å². The molecule has 3 atom stereocenters. The zero-order valence-electron chi connectivity index (χ0n) is 18.0. The predicted molar refractivity (Wildman–Crippen MR) is 119 cm³/mol. The van der Waals surface area contributed by atoms with E-state index in [0.29, 0.717) is 30.7 Å². The second-order valence-corrected chi connectivity index (χ2v) is 11.3. The van der Waals surface area contributed by atoms with Crippen LogP contribution in [0.2, 0.25) is 0 Å². The number of sulfonamides is 1. The minimum absolute atomic E-state index is 0.0101. The van der Waals surface area contributed by atoms with E-state index in [9.17, 15) is 12.8 Å². The highest BCUT2D eigenvalue weighted by Crippen LogP contribution is 2.39. The molecule has 0 radical (unpaired) electrons. The van der Waals surface area contributed by atoms with Gasteiger partial charge in [0.15, 0.2) is 0 Å². The van der Waals surface area contributed by atoms with E-state index < -0.39 is 20.7 Å². The van der Waals surface area contributed by atoms with Crippen LogP contribution in [0.15, 0.2) is 23.4 Å². The van der Waals surface area contributed by atoms with Crippen molar-refractivity contribution in [2.24, 2.45) is 22.8 Å². The van der Waals surface area contributed by atoms with Crippen LogP contribution in [0.3, 0.4) is 0 Å². The lowest BCUT2D eigenvalue weighted by Crippen LogP contribution is -2.43. The number of ether oxygens (including phenoxy) is 1. The molecule has 31 heavy (non-hydrogen) atoms. The number of rotatable bonds is 9. The van der Waals surface area contributed by atoms with Crippen molar-refractivity contribution >= 4 is 26.7 Å². The molecule has 0 bridgehead atoms. The average Bonchev–Trinajstić information content (AvgIpc) is 3.17. The Kier molecular flexibility index (Phi) is 7.19. The van der Waals surface area contributed by atoms with Crippen LogP contribution in [0, 0.1) is 17.2 Å². The zero-order valence-corrected chi connectivity index (χ0v) is 19.6. The third-order valence-electron chi connectivity index (χ3n) is 5.73. The lowest BCUT2D eigenvalue weighted by atomic mass is 9.74. The molecule has 3 rings (SSSR count). The Bertz CT molecular complexity index is 996. The van der Waals surface area contributed by atoms with E-state index in [1.165, 1.54) is 12.4 Å². The summed E-state index contributed by atoms with van der Waals surface area (Å²) in [5, 5.41) is 0.0771. The van der Waals surface area contributed by atoms with Crippen LogP contribution in [0.5, 0.6) is 5.75 Å². The van der Waals surface area contributed by atoms with Gasteiger partial charge in [-0.25, -0.2) is 17.8 Å². The van der Waals surface area contributed by atoms with Gasteiger partial charge < -0.3 is 16.2 Å². The third-order valence-corrected chi connectivity index (χ3v) is 7.79. The Labute approximate surface area is 186 Å². The fourth-order valence-corrected chi connectivity index (χ4v) is 5.86. The number of aromatic nitrogens is 2. The summed E-state index contributed by atoms with van der Waals surface area (Å²) in [4.78, 5) is 3.35. The number of aryl methyl sites for hydroxylation is 1. The van der Waals surface area contributed by atoms with Crippen molar-refractivity contribution in [1.29, 1.82) is 0 Å². The molecule has 0 amide bonds. The van der Waals surface area contributed by atoms with Gasteiger partial charge in [-0.05, 0) is 56.2 Å². The van der Waals surface area contributed by atoms with Gasteiger partial charge in [0.1, 0.15) is 28.9 Å². The van der Waals surface area contributed by atoms with Crippen LogP contribution < -0.4 is 20.9 Å². The van der Waals surface area contributed by atoms with E-state index in [4.69, 9.17) is 16.2 Å². The predicted octanol–water partition coefficient (Wildman–Crippen LogP) is 2.90. The lowest BCUT2D eigenvalue weighted by molar-refractivity contribution is 0.0669. The average molecular weight is 472 g/mol. The summed E-state index contributed by atoms with van der Waals surface area (Å²) in [6.07, 6.45) is 4.00. The van der Waals surface area contributed by atoms with Crippen LogP contribution in [-0.4, -0.2) is 36.5 Å². The number of hydrogen-bond donors (Lipinski definition) is 3. The second-order valence-electron chi connectivity index (χ2n) is 8.87. The Morgan fingerprint density at radius 1 is 1.42 bits per heavy atom. The second kappa shape index (κ2) is 9.35. The molecule has 1 aliphatic rings. The molecule has 11 heteroatoms. The zero-order chi connectivity index (χ0) is 22.8. The van der Waals surface area contributed by atoms with Crippen molar-refractivity contribution in [1.82, 2.24) is 9.36 Å². The molecule has 8 nitrogen and oxygen atoms in total. The number of anilines is 1. The van der Waals surface area contributed by atoms with Crippen molar-refractivity contribution in [2.45, 2.75) is 63.5 Å². The summed E-state index contributed by atoms with van der Waals surface area (Å²) in [6, 6.07) is 2.38. The van der Waals surface area contributed by atoms with Crippen LogP contribution in [-0.2, 0) is 16.4 Å². The van der Waals surface area contributed by atoms with Crippen LogP contribution >= 0.6 is 11.5 Å². The summed E-state index contributed by atoms with van der Waals surface area (Å²) in [5.74, 6) is -0.441. The number of nitrogens with two attached hydrogens (primary N) is 2. The molecular weight excluding hydrogens is 441 g/mol. The van der Waals surface area contributed by atoms with E-state index in [-0.39, 0.29) is 28.6 Å². The van der Waals surface area contributed by atoms with E-state index >= 15 is 0 Å². The Balaban J connectivity index is 1.82. The maximum absolute atomic E-state index is 14.8. The fraction of sp³-hybridized carbons (Fsp3) is 0.600. The summed E-state index contributed by atoms with van der Waals surface area (Å²) >= 11 is 0.875. The van der Waals surface area contributed by atoms with Crippen LogP contribution in [0.25, 0.3) is 0 Å². The number of benzene rings is 1. The van der Waals surface area contributed by atoms with E-state index in [0.717, 1.165) is 30.4 Å². The van der Waals surface area contributed by atoms with Crippen LogP contribution in [0.4, 0.5) is 9.52 Å². The summed E-state index contributed by atoms with van der Waals surface area (Å²) < 4.78 is 52.1. The molecule has 1 aromatic heterocycles. The molecular formula is C20H30FN5O3S2. The van der Waals surface area contributed by atoms with Crippen molar-refractivity contribution in [3.8, 4) is 5.75 Å². The molecule has 2 heterocycles. The molecule has 0 fully saturated rings. The Morgan fingerprint density at radius 3 is 2.77 bits per heavy atom. The SMILES string of the molecule is C[C@@H](N)[C@@H](CC(C)(C)CCN)C1CCc2cc(S(=O)(=O)Nc3ncns3)c(F)cc2O1. The van der Waals surface area contributed by atoms with E-state index in [1.807, 2.05) is 6.92 Å². The molecule has 0 saturated carbocycles. The normalized spacial score (nSPS) is 18.7. The van der Waals surface area contributed by atoms with Gasteiger partial charge in [0.25, 0.3) is 10.0 Å². The molecule has 172 valence electrons. The largest absolute Gasteiger partial charge is 0.490 e. The first-order chi connectivity index (χ1) is 14.5. The summed E-state index contributed by atoms with van der Waals surface area (Å²) in [6.45, 7) is 6.87. The van der Waals surface area contributed by atoms with Gasteiger partial charge in [0.05, 0.1) is 0 Å². The van der Waals surface area contributed by atoms with Crippen molar-refractivity contribution < 1.29 is 17.5 Å². The quantitative estimate of drug-likeness (QED) is 0.512. The smallest absolute Gasteiger partial charge is 0.266 e. The molecule has 0 spiro atoms. The molecule has 1 aliphatic heterocycles. The minimum Gasteiger partial charge on any atom is -0.490 e. The maximum Gasteiger partial charge on any atom is 0.266 e. The number of halogens is 1. The first kappa shape index (κ1) is 23.8. The molecule has 1 unspecified atom stereocenters. The van der Waals surface area contributed by atoms with E-state index in [2.05, 4.69) is 27.9 Å². The highest BCUT2D eigenvalue weighted by molar-refractivity contribution is 7.93. The fourth-order valence-electron chi connectivity index (χ4n) is 4.08. The van der Waals surface area contributed by atoms with E-state index in [1.54, 1.807) is 0 Å². The number of hydrogen-bond acceptors (Lipinski definition) is 8. The Hall–Kier alpha value is -1.82. The van der Waals surface area contributed by atoms with Gasteiger partial charge in [-0.15, -0.1) is 0 Å². The standard InChI is InChI=1S/C20H30FN5O3S2/c1-12(23)14(10-20(2,3)6-7-22)16-5-4-13-8-18(15(21)9-17(13)29-16)31(27,28)26-19-24-11-25-30-19/h8-9,11-12,14,16H,4-7,10,22-23H2,1-3H3,(H,24,25,26)/t12-,14-,16?/m1/s1. The van der Waals surface area contributed by atoms with Crippen molar-refractivity contribution in [3.63, 3.8) is 0 Å². The number of nitrogens with one attached hydrogen (secondary N) is 1. The Morgan fingerprint density at radius 2 is 2.16 bits per heavy atom. The minimum atomic E-state index is -4.13. The lowest BCUT2D eigenvalue weighted by Gasteiger charge is -2.38. The highest BCUT2D eigenvalue weighted by atomic mass is 32.2. The van der Waals surface area contributed by atoms with Gasteiger partial charge in [-0.3, -0.25) is 4.72 Å². The molecule has 0 saturated heterocycles. The monoisotopic (exact) mass is 471 g/mol. The molecule has 1 aromatic carbocycles. The van der Waals surface area contributed by atoms with Gasteiger partial charge in [0, 0.05) is 29.6 Å². The van der Waals surface area contributed by atoms with Gasteiger partial charge in [-0.1, -0.05) is 13.8 Å².